The zero-order valence-electron chi connectivity index (χ0n) is 14.7. The minimum Gasteiger partial charge on any atom is -0.469 e. The van der Waals surface area contributed by atoms with E-state index in [9.17, 15) is 4.79 Å². The summed E-state index contributed by atoms with van der Waals surface area (Å²) in [5.74, 6) is 0.545. The van der Waals surface area contributed by atoms with Crippen molar-refractivity contribution in [2.45, 2.75) is 31.7 Å². The monoisotopic (exact) mass is 353 g/mol. The lowest BCUT2D eigenvalue weighted by molar-refractivity contribution is -0.146. The molecule has 4 N–H and O–H groups in total. The first-order valence-electron chi connectivity index (χ1n) is 8.68. The Morgan fingerprint density at radius 2 is 1.73 bits per heavy atom. The molecule has 7 heteroatoms. The van der Waals surface area contributed by atoms with Crippen LogP contribution in [0.5, 0.6) is 0 Å². The SMILES string of the molecule is COC(=O)C1CCC(Nc2ncc(-c3ccc(C(=N)N)cc3)cn2)CC1. The number of hydrogen-bond donors (Lipinski definition) is 3. The number of ether oxygens (including phenoxy) is 1. The molecule has 2 aromatic rings. The highest BCUT2D eigenvalue weighted by Gasteiger charge is 2.27. The summed E-state index contributed by atoms with van der Waals surface area (Å²) in [5.41, 5.74) is 8.03. The average molecular weight is 353 g/mol. The van der Waals surface area contributed by atoms with E-state index in [-0.39, 0.29) is 23.8 Å². The number of carbonyl (C=O) groups is 1. The van der Waals surface area contributed by atoms with E-state index in [2.05, 4.69) is 15.3 Å². The number of benzene rings is 1. The van der Waals surface area contributed by atoms with Crippen LogP contribution in [0.4, 0.5) is 5.95 Å². The lowest BCUT2D eigenvalue weighted by atomic mass is 9.86. The molecule has 0 radical (unpaired) electrons. The van der Waals surface area contributed by atoms with Crippen LogP contribution in [-0.2, 0) is 9.53 Å². The van der Waals surface area contributed by atoms with E-state index in [0.29, 0.717) is 11.5 Å². The van der Waals surface area contributed by atoms with Gasteiger partial charge in [-0.2, -0.15) is 0 Å². The molecule has 1 aromatic carbocycles. The second kappa shape index (κ2) is 7.95. The highest BCUT2D eigenvalue weighted by atomic mass is 16.5. The third-order valence-corrected chi connectivity index (χ3v) is 4.78. The number of rotatable bonds is 5. The zero-order chi connectivity index (χ0) is 18.5. The van der Waals surface area contributed by atoms with Crippen LogP contribution in [0.2, 0.25) is 0 Å². The summed E-state index contributed by atoms with van der Waals surface area (Å²) in [7, 11) is 1.44. The van der Waals surface area contributed by atoms with Crippen molar-refractivity contribution in [3.8, 4) is 11.1 Å². The smallest absolute Gasteiger partial charge is 0.308 e. The number of methoxy groups -OCH3 is 1. The van der Waals surface area contributed by atoms with Gasteiger partial charge in [0.2, 0.25) is 5.95 Å². The van der Waals surface area contributed by atoms with E-state index in [1.165, 1.54) is 7.11 Å². The van der Waals surface area contributed by atoms with Gasteiger partial charge in [0.05, 0.1) is 13.0 Å². The Morgan fingerprint density at radius 1 is 1.12 bits per heavy atom. The first-order valence-corrected chi connectivity index (χ1v) is 8.68. The van der Waals surface area contributed by atoms with E-state index in [1.54, 1.807) is 12.4 Å². The largest absolute Gasteiger partial charge is 0.469 e. The number of nitrogens with two attached hydrogens (primary N) is 1. The molecule has 0 atom stereocenters. The Labute approximate surface area is 152 Å². The van der Waals surface area contributed by atoms with Crippen molar-refractivity contribution in [3.05, 3.63) is 42.2 Å². The number of hydrogen-bond acceptors (Lipinski definition) is 6. The minimum absolute atomic E-state index is 0.0133. The average Bonchev–Trinajstić information content (AvgIpc) is 2.68. The van der Waals surface area contributed by atoms with Gasteiger partial charge in [0.1, 0.15) is 5.84 Å². The Balaban J connectivity index is 1.58. The summed E-state index contributed by atoms with van der Waals surface area (Å²) >= 11 is 0. The molecule has 0 bridgehead atoms. The summed E-state index contributed by atoms with van der Waals surface area (Å²) in [5, 5.41) is 10.8. The molecule has 26 heavy (non-hydrogen) atoms. The van der Waals surface area contributed by atoms with Crippen molar-refractivity contribution in [2.24, 2.45) is 11.7 Å². The Morgan fingerprint density at radius 3 is 2.27 bits per heavy atom. The zero-order valence-corrected chi connectivity index (χ0v) is 14.7. The van der Waals surface area contributed by atoms with Crippen LogP contribution < -0.4 is 11.1 Å². The fourth-order valence-corrected chi connectivity index (χ4v) is 3.22. The third kappa shape index (κ3) is 4.17. The second-order valence-corrected chi connectivity index (χ2v) is 6.50. The standard InChI is InChI=1S/C19H23N5O2/c1-26-18(25)14-6-8-16(9-7-14)24-19-22-10-15(11-23-19)12-2-4-13(5-3-12)17(20)21/h2-5,10-11,14,16H,6-9H2,1H3,(H3,20,21)(H,22,23,24). The lowest BCUT2D eigenvalue weighted by Gasteiger charge is -2.27. The number of esters is 1. The maximum Gasteiger partial charge on any atom is 0.308 e. The van der Waals surface area contributed by atoms with Crippen LogP contribution in [0.3, 0.4) is 0 Å². The van der Waals surface area contributed by atoms with Crippen molar-refractivity contribution in [1.82, 2.24) is 9.97 Å². The fourth-order valence-electron chi connectivity index (χ4n) is 3.22. The van der Waals surface area contributed by atoms with Crippen molar-refractivity contribution < 1.29 is 9.53 Å². The third-order valence-electron chi connectivity index (χ3n) is 4.78. The van der Waals surface area contributed by atoms with Crippen molar-refractivity contribution >= 4 is 17.8 Å². The molecule has 136 valence electrons. The Kier molecular flexibility index (Phi) is 5.46. The number of carbonyl (C=O) groups excluding carboxylic acids is 1. The topological polar surface area (TPSA) is 114 Å². The van der Waals surface area contributed by atoms with E-state index >= 15 is 0 Å². The Bertz CT molecular complexity index is 766. The summed E-state index contributed by atoms with van der Waals surface area (Å²) in [4.78, 5) is 20.4. The number of nitrogens with zero attached hydrogens (tertiary/aromatic N) is 2. The van der Waals surface area contributed by atoms with Crippen molar-refractivity contribution in [2.75, 3.05) is 12.4 Å². The molecule has 0 unspecified atom stereocenters. The van der Waals surface area contributed by atoms with E-state index in [0.717, 1.165) is 36.8 Å². The molecule has 3 rings (SSSR count). The number of aromatic nitrogens is 2. The van der Waals surface area contributed by atoms with Gasteiger partial charge in [0.15, 0.2) is 0 Å². The van der Waals surface area contributed by atoms with Crippen LogP contribution in [-0.4, -0.2) is 34.9 Å². The fraction of sp³-hybridized carbons (Fsp3) is 0.368. The minimum atomic E-state index is -0.111. The molecule has 1 heterocycles. The van der Waals surface area contributed by atoms with Gasteiger partial charge in [-0.15, -0.1) is 0 Å². The van der Waals surface area contributed by atoms with Gasteiger partial charge < -0.3 is 15.8 Å². The summed E-state index contributed by atoms with van der Waals surface area (Å²) in [6.07, 6.45) is 7.00. The van der Waals surface area contributed by atoms with Gasteiger partial charge in [-0.3, -0.25) is 10.2 Å². The number of amidine groups is 1. The molecule has 1 aromatic heterocycles. The highest BCUT2D eigenvalue weighted by Crippen LogP contribution is 2.27. The maximum atomic E-state index is 11.6. The first kappa shape index (κ1) is 17.8. The van der Waals surface area contributed by atoms with Crippen molar-refractivity contribution in [1.29, 1.82) is 5.41 Å². The molecular formula is C19H23N5O2. The maximum absolute atomic E-state index is 11.6. The normalized spacial score (nSPS) is 19.6. The lowest BCUT2D eigenvalue weighted by Crippen LogP contribution is -2.30. The van der Waals surface area contributed by atoms with Gasteiger partial charge in [-0.25, -0.2) is 9.97 Å². The van der Waals surface area contributed by atoms with Crippen molar-refractivity contribution in [3.63, 3.8) is 0 Å². The van der Waals surface area contributed by atoms with Crippen LogP contribution >= 0.6 is 0 Å². The number of anilines is 1. The molecular weight excluding hydrogens is 330 g/mol. The van der Waals surface area contributed by atoms with Gasteiger partial charge in [0.25, 0.3) is 0 Å². The predicted octanol–water partition coefficient (Wildman–Crippen LogP) is 2.57. The van der Waals surface area contributed by atoms with Crippen LogP contribution in [0.25, 0.3) is 11.1 Å². The molecule has 0 aliphatic heterocycles. The van der Waals surface area contributed by atoms with Gasteiger partial charge in [-0.05, 0) is 31.2 Å². The van der Waals surface area contributed by atoms with Gasteiger partial charge in [-0.1, -0.05) is 24.3 Å². The molecule has 0 saturated heterocycles. The van der Waals surface area contributed by atoms with E-state index in [1.807, 2.05) is 24.3 Å². The van der Waals surface area contributed by atoms with Crippen LogP contribution in [0.1, 0.15) is 31.2 Å². The van der Waals surface area contributed by atoms with Gasteiger partial charge in [0, 0.05) is 29.6 Å². The van der Waals surface area contributed by atoms with E-state index in [4.69, 9.17) is 15.9 Å². The van der Waals surface area contributed by atoms with Crippen LogP contribution in [0.15, 0.2) is 36.7 Å². The summed E-state index contributed by atoms with van der Waals surface area (Å²) in [6.45, 7) is 0. The Hall–Kier alpha value is -2.96. The number of nitrogen functional groups attached to an aromatic ring is 1. The highest BCUT2D eigenvalue weighted by molar-refractivity contribution is 5.95. The predicted molar refractivity (Wildman–Crippen MR) is 99.9 cm³/mol. The molecule has 1 aliphatic carbocycles. The molecule has 1 fully saturated rings. The summed E-state index contributed by atoms with van der Waals surface area (Å²) < 4.78 is 4.82. The first-order chi connectivity index (χ1) is 12.6. The van der Waals surface area contributed by atoms with Gasteiger partial charge >= 0.3 is 5.97 Å². The molecule has 0 spiro atoms. The molecule has 1 saturated carbocycles. The second-order valence-electron chi connectivity index (χ2n) is 6.50. The quantitative estimate of drug-likeness (QED) is 0.432. The van der Waals surface area contributed by atoms with E-state index < -0.39 is 0 Å². The van der Waals surface area contributed by atoms with Crippen LogP contribution in [0, 0.1) is 11.3 Å². The molecule has 0 amide bonds. The summed E-state index contributed by atoms with van der Waals surface area (Å²) in [6, 6.07) is 7.69. The molecule has 1 aliphatic rings. The number of nitrogens with one attached hydrogen (secondary N) is 2. The molecule has 7 nitrogen and oxygen atoms in total.